The minimum atomic E-state index is -0.670. The van der Waals surface area contributed by atoms with Gasteiger partial charge >= 0.3 is 0 Å². The molecular weight excluding hydrogens is 420 g/mol. The van der Waals surface area contributed by atoms with Gasteiger partial charge in [0.15, 0.2) is 0 Å². The van der Waals surface area contributed by atoms with Gasteiger partial charge in [0.2, 0.25) is 11.8 Å². The zero-order valence-corrected chi connectivity index (χ0v) is 20.5. The van der Waals surface area contributed by atoms with E-state index in [1.165, 1.54) is 43.4 Å². The molecule has 1 unspecified atom stereocenters. The van der Waals surface area contributed by atoms with Gasteiger partial charge in [0, 0.05) is 28.9 Å². The van der Waals surface area contributed by atoms with Crippen LogP contribution in [0.3, 0.4) is 0 Å². The van der Waals surface area contributed by atoms with Crippen molar-refractivity contribution in [2.75, 3.05) is 12.4 Å². The largest absolute Gasteiger partial charge is 0.325 e. The maximum Gasteiger partial charge on any atom is 0.239 e. The van der Waals surface area contributed by atoms with Gasteiger partial charge in [-0.05, 0) is 86.8 Å². The monoisotopic (exact) mass is 454 g/mol. The summed E-state index contributed by atoms with van der Waals surface area (Å²) in [6.07, 6.45) is 8.22. The van der Waals surface area contributed by atoms with Gasteiger partial charge in [0.1, 0.15) is 5.92 Å². The van der Waals surface area contributed by atoms with Crippen molar-refractivity contribution < 1.29 is 9.59 Å². The number of fused-ring (bicyclic) bond motifs is 5. The van der Waals surface area contributed by atoms with Crippen LogP contribution in [0.25, 0.3) is 0 Å². The van der Waals surface area contributed by atoms with Crippen LogP contribution in [0.2, 0.25) is 5.02 Å². The van der Waals surface area contributed by atoms with Crippen LogP contribution >= 0.6 is 11.6 Å². The zero-order chi connectivity index (χ0) is 22.8. The van der Waals surface area contributed by atoms with Gasteiger partial charge in [-0.1, -0.05) is 43.5 Å². The highest BCUT2D eigenvalue weighted by atomic mass is 35.5. The van der Waals surface area contributed by atoms with E-state index in [9.17, 15) is 9.59 Å². The third-order valence-corrected chi connectivity index (χ3v) is 9.76. The van der Waals surface area contributed by atoms with Crippen LogP contribution in [0.5, 0.6) is 0 Å². The van der Waals surface area contributed by atoms with E-state index in [-0.39, 0.29) is 17.2 Å². The van der Waals surface area contributed by atoms with Crippen LogP contribution < -0.4 is 5.32 Å². The number of amides is 2. The summed E-state index contributed by atoms with van der Waals surface area (Å²) >= 11 is 6.09. The lowest BCUT2D eigenvalue weighted by atomic mass is 9.48. The van der Waals surface area contributed by atoms with Crippen LogP contribution in [0.4, 0.5) is 5.69 Å². The molecule has 0 bridgehead atoms. The number of nitrogens with zero attached hydrogens (tertiary/aromatic N) is 1. The number of halogens is 1. The van der Waals surface area contributed by atoms with E-state index >= 15 is 0 Å². The third kappa shape index (κ3) is 3.24. The average Bonchev–Trinajstić information content (AvgIpc) is 3.13. The number of allylic oxidation sites excluding steroid dienone is 2. The van der Waals surface area contributed by atoms with E-state index in [2.05, 4.69) is 26.1 Å². The van der Waals surface area contributed by atoms with Gasteiger partial charge in [-0.2, -0.15) is 0 Å². The topological polar surface area (TPSA) is 49.4 Å². The second kappa shape index (κ2) is 7.62. The normalized spacial score (nSPS) is 38.8. The number of hydrogen-bond acceptors (Lipinski definition) is 2. The second-order valence-electron chi connectivity index (χ2n) is 11.4. The van der Waals surface area contributed by atoms with Crippen LogP contribution in [-0.2, 0) is 9.59 Å². The van der Waals surface area contributed by atoms with Crippen molar-refractivity contribution in [1.29, 1.82) is 0 Å². The molecule has 5 heteroatoms. The molecule has 1 saturated heterocycles. The Morgan fingerprint density at radius 2 is 1.97 bits per heavy atom. The molecular formula is C27H35ClN2O2. The second-order valence-corrected chi connectivity index (χ2v) is 11.8. The molecule has 32 heavy (non-hydrogen) atoms. The van der Waals surface area contributed by atoms with Gasteiger partial charge in [0.05, 0.1) is 0 Å². The molecule has 3 fully saturated rings. The number of carbonyl (C=O) groups is 2. The predicted molar refractivity (Wildman–Crippen MR) is 128 cm³/mol. The van der Waals surface area contributed by atoms with E-state index in [1.54, 1.807) is 12.1 Å². The highest BCUT2D eigenvalue weighted by Crippen LogP contribution is 2.65. The molecule has 0 aromatic heterocycles. The minimum absolute atomic E-state index is 0.0867. The molecule has 4 nitrogen and oxygen atoms in total. The number of carbonyl (C=O) groups excluding carboxylic acids is 2. The molecule has 3 aliphatic carbocycles. The highest BCUT2D eigenvalue weighted by molar-refractivity contribution is 6.30. The lowest BCUT2D eigenvalue weighted by molar-refractivity contribution is -0.147. The van der Waals surface area contributed by atoms with Gasteiger partial charge in [0.25, 0.3) is 0 Å². The molecule has 1 aromatic rings. The van der Waals surface area contributed by atoms with Crippen molar-refractivity contribution >= 4 is 29.1 Å². The fourth-order valence-electron chi connectivity index (χ4n) is 8.24. The number of anilines is 1. The van der Waals surface area contributed by atoms with Crippen molar-refractivity contribution in [2.45, 2.75) is 65.7 Å². The van der Waals surface area contributed by atoms with E-state index in [4.69, 9.17) is 11.6 Å². The number of hydrogen-bond donors (Lipinski definition) is 1. The number of piperidine rings is 1. The Hall–Kier alpha value is -1.81. The van der Waals surface area contributed by atoms with Gasteiger partial charge < -0.3 is 10.2 Å². The minimum Gasteiger partial charge on any atom is -0.325 e. The Bertz CT molecular complexity index is 1000. The molecule has 2 amide bonds. The summed E-state index contributed by atoms with van der Waals surface area (Å²) in [4.78, 5) is 28.5. The maximum absolute atomic E-state index is 13.4. The lowest BCUT2D eigenvalue weighted by Crippen LogP contribution is -2.57. The molecule has 5 rings (SSSR count). The number of likely N-dealkylation sites (tertiary alicyclic amines) is 1. The average molecular weight is 455 g/mol. The first kappa shape index (κ1) is 22.0. The van der Waals surface area contributed by atoms with E-state index < -0.39 is 5.92 Å². The summed E-state index contributed by atoms with van der Waals surface area (Å²) in [5.74, 6) is 1.01. The first-order chi connectivity index (χ1) is 15.1. The molecule has 0 spiro atoms. The Morgan fingerprint density at radius 1 is 1.19 bits per heavy atom. The summed E-state index contributed by atoms with van der Waals surface area (Å²) in [5.41, 5.74) is 3.53. The molecule has 1 aromatic carbocycles. The number of rotatable bonds is 2. The van der Waals surface area contributed by atoms with E-state index in [1.807, 2.05) is 24.1 Å². The van der Waals surface area contributed by atoms with Crippen molar-refractivity contribution in [3.05, 3.63) is 40.6 Å². The highest BCUT2D eigenvalue weighted by Gasteiger charge is 2.60. The first-order valence-corrected chi connectivity index (χ1v) is 12.6. The van der Waals surface area contributed by atoms with Crippen molar-refractivity contribution in [2.24, 2.45) is 34.5 Å². The maximum atomic E-state index is 13.4. The van der Waals surface area contributed by atoms with E-state index in [0.717, 1.165) is 12.3 Å². The summed E-state index contributed by atoms with van der Waals surface area (Å²) < 4.78 is 0. The Balaban J connectivity index is 1.48. The number of benzene rings is 1. The van der Waals surface area contributed by atoms with Gasteiger partial charge in [-0.15, -0.1) is 0 Å². The molecule has 1 N–H and O–H groups in total. The van der Waals surface area contributed by atoms with Crippen LogP contribution in [-0.4, -0.2) is 23.8 Å². The zero-order valence-electron chi connectivity index (χ0n) is 19.7. The van der Waals surface area contributed by atoms with Crippen LogP contribution in [0.15, 0.2) is 35.5 Å². The summed E-state index contributed by atoms with van der Waals surface area (Å²) in [6.45, 7) is 7.07. The molecule has 1 heterocycles. The molecule has 1 aliphatic heterocycles. The summed E-state index contributed by atoms with van der Waals surface area (Å²) in [5, 5.41) is 3.52. The molecule has 2 saturated carbocycles. The van der Waals surface area contributed by atoms with Gasteiger partial charge in [-0.3, -0.25) is 9.59 Å². The standard InChI is InChI=1S/C27H35ClN2O2/c1-16-13-19-21-9-6-11-26(21,2)12-10-22(19)27(3)15-20(25(32)30(4)23(16)27)24(31)29-18-8-5-7-17(28)14-18/h5,7-8,14,19-22H,6,9-13,15H2,1-4H3,(H,29,31)/t19-,20?,21-,22+,26-,27+/m0/s1. The van der Waals surface area contributed by atoms with Crippen molar-refractivity contribution in [3.8, 4) is 0 Å². The lowest BCUT2D eigenvalue weighted by Gasteiger charge is -2.59. The quantitative estimate of drug-likeness (QED) is 0.535. The number of nitrogens with one attached hydrogen (secondary N) is 1. The molecule has 0 radical (unpaired) electrons. The first-order valence-electron chi connectivity index (χ1n) is 12.2. The smallest absolute Gasteiger partial charge is 0.239 e. The van der Waals surface area contributed by atoms with Crippen LogP contribution in [0, 0.1) is 34.5 Å². The molecule has 4 aliphatic rings. The predicted octanol–water partition coefficient (Wildman–Crippen LogP) is 6.27. The molecule has 6 atom stereocenters. The Labute approximate surface area is 196 Å². The SMILES string of the molecule is CC1=C2N(C)C(=O)C(C(=O)Nc3cccc(Cl)c3)C[C@]2(C)[C@@H]2CC[C@]3(C)CCC[C@H]3[C@@H]2C1. The summed E-state index contributed by atoms with van der Waals surface area (Å²) in [7, 11) is 1.88. The fourth-order valence-corrected chi connectivity index (χ4v) is 8.43. The van der Waals surface area contributed by atoms with Crippen molar-refractivity contribution in [1.82, 2.24) is 4.90 Å². The van der Waals surface area contributed by atoms with Crippen molar-refractivity contribution in [3.63, 3.8) is 0 Å². The molecule has 172 valence electrons. The van der Waals surface area contributed by atoms with Crippen LogP contribution in [0.1, 0.15) is 65.7 Å². The summed E-state index contributed by atoms with van der Waals surface area (Å²) in [6, 6.07) is 7.13. The third-order valence-electron chi connectivity index (χ3n) is 9.52. The van der Waals surface area contributed by atoms with Gasteiger partial charge in [-0.25, -0.2) is 0 Å². The Kier molecular flexibility index (Phi) is 5.24. The van der Waals surface area contributed by atoms with E-state index in [0.29, 0.717) is 34.4 Å². The fraction of sp³-hybridized carbons (Fsp3) is 0.630. The Morgan fingerprint density at radius 3 is 2.72 bits per heavy atom.